The molecule has 2 saturated carbocycles. The maximum absolute atomic E-state index is 14.6. The van der Waals surface area contributed by atoms with Gasteiger partial charge in [0.05, 0.1) is 25.5 Å². The lowest BCUT2D eigenvalue weighted by molar-refractivity contribution is -0.142. The molecule has 3 fully saturated rings. The summed E-state index contributed by atoms with van der Waals surface area (Å²) in [6, 6.07) is 6.62. The number of ether oxygens (including phenoxy) is 3. The van der Waals surface area contributed by atoms with Gasteiger partial charge < -0.3 is 34.9 Å². The molecule has 17 heteroatoms. The van der Waals surface area contributed by atoms with Crippen molar-refractivity contribution in [3.8, 4) is 28.6 Å². The van der Waals surface area contributed by atoms with E-state index in [1.165, 1.54) is 12.0 Å². The Morgan fingerprint density at radius 2 is 1.79 bits per heavy atom. The molecule has 7 rings (SSSR count). The molecule has 58 heavy (non-hydrogen) atoms. The van der Waals surface area contributed by atoms with Crippen molar-refractivity contribution in [1.82, 2.24) is 30.2 Å². The standard InChI is InChI=1S/C41H50N6O10S/c1-23-8-6-7-9-26-19-41(26,38(50)46-58(53,54)40(3)14-15-40)45-35(48)32-18-28(22-47(32)37(49)34(24(2)16-23)44-39(51)52)57-36-29-12-11-27(55-4)17-30(29)31(21-43-36)25-10-13-33(56-5)42-20-25/h7,9-13,17,20-21,23-24,26,28,32,34,44H,6,8,14-16,18-19,22H2,1-5H3,(H,45,48)(H,46,50)(H,51,52)/b9-7-/t23-,24-,26-,28-,32+,34+,41-/m1/s1. The predicted molar refractivity (Wildman–Crippen MR) is 213 cm³/mol. The summed E-state index contributed by atoms with van der Waals surface area (Å²) in [5.74, 6) is -1.67. The van der Waals surface area contributed by atoms with Crippen LogP contribution in [0.25, 0.3) is 21.9 Å². The van der Waals surface area contributed by atoms with Crippen LogP contribution in [-0.2, 0) is 24.4 Å². The molecule has 0 bridgehead atoms. The number of sulfonamides is 1. The summed E-state index contributed by atoms with van der Waals surface area (Å²) in [7, 11) is -0.935. The minimum absolute atomic E-state index is 0.0276. The zero-order valence-electron chi connectivity index (χ0n) is 33.2. The van der Waals surface area contributed by atoms with E-state index in [9.17, 15) is 32.7 Å². The Balaban J connectivity index is 1.23. The van der Waals surface area contributed by atoms with E-state index in [1.54, 1.807) is 44.6 Å². The molecule has 4 heterocycles. The molecule has 310 valence electrons. The van der Waals surface area contributed by atoms with E-state index < -0.39 is 74.1 Å². The number of fused-ring (bicyclic) bond motifs is 3. The molecule has 4 amide bonds. The van der Waals surface area contributed by atoms with Gasteiger partial charge in [-0.05, 0) is 81.5 Å². The molecule has 3 aromatic rings. The third kappa shape index (κ3) is 8.00. The van der Waals surface area contributed by atoms with Gasteiger partial charge >= 0.3 is 6.09 Å². The van der Waals surface area contributed by atoms with E-state index in [4.69, 9.17) is 14.2 Å². The van der Waals surface area contributed by atoms with Crippen LogP contribution in [0.5, 0.6) is 17.5 Å². The molecule has 0 unspecified atom stereocenters. The zero-order valence-corrected chi connectivity index (χ0v) is 34.0. The molecule has 0 radical (unpaired) electrons. The molecular weight excluding hydrogens is 769 g/mol. The zero-order chi connectivity index (χ0) is 41.6. The molecule has 7 atom stereocenters. The first kappa shape index (κ1) is 40.7. The van der Waals surface area contributed by atoms with Crippen molar-refractivity contribution in [3.63, 3.8) is 0 Å². The van der Waals surface area contributed by atoms with Gasteiger partial charge in [-0.25, -0.2) is 23.2 Å². The fourth-order valence-corrected chi connectivity index (χ4v) is 9.51. The topological polar surface area (TPSA) is 215 Å². The summed E-state index contributed by atoms with van der Waals surface area (Å²) in [4.78, 5) is 65.4. The maximum atomic E-state index is 14.6. The highest BCUT2D eigenvalue weighted by atomic mass is 32.2. The Morgan fingerprint density at radius 1 is 1.02 bits per heavy atom. The largest absolute Gasteiger partial charge is 0.497 e. The summed E-state index contributed by atoms with van der Waals surface area (Å²) in [6.07, 6.45) is 7.76. The number of carboxylic acid groups (broad SMARTS) is 1. The number of hydrogen-bond donors (Lipinski definition) is 4. The van der Waals surface area contributed by atoms with Crippen LogP contribution in [0.1, 0.15) is 65.7 Å². The third-order valence-electron chi connectivity index (χ3n) is 12.1. The van der Waals surface area contributed by atoms with E-state index >= 15 is 0 Å². The number of rotatable bonds is 9. The number of pyridine rings is 2. The van der Waals surface area contributed by atoms with Crippen LogP contribution < -0.4 is 29.6 Å². The average Bonchev–Trinajstić information content (AvgIpc) is 4.08. The first-order chi connectivity index (χ1) is 27.6. The van der Waals surface area contributed by atoms with Gasteiger partial charge in [0.1, 0.15) is 29.5 Å². The van der Waals surface area contributed by atoms with E-state index in [-0.39, 0.29) is 31.2 Å². The van der Waals surface area contributed by atoms with Crippen molar-refractivity contribution in [2.75, 3.05) is 20.8 Å². The van der Waals surface area contributed by atoms with E-state index in [0.29, 0.717) is 42.7 Å². The van der Waals surface area contributed by atoms with Gasteiger partial charge in [-0.2, -0.15) is 0 Å². The summed E-state index contributed by atoms with van der Waals surface area (Å²) in [5.41, 5.74) is -0.0664. The molecular formula is C41H50N6O10S. The number of methoxy groups -OCH3 is 2. The van der Waals surface area contributed by atoms with Gasteiger partial charge in [-0.1, -0.05) is 26.0 Å². The van der Waals surface area contributed by atoms with E-state index in [0.717, 1.165) is 22.9 Å². The molecule has 16 nitrogen and oxygen atoms in total. The number of benzene rings is 1. The first-order valence-corrected chi connectivity index (χ1v) is 21.1. The number of carbonyl (C=O) groups excluding carboxylic acids is 3. The van der Waals surface area contributed by atoms with Crippen LogP contribution in [0.3, 0.4) is 0 Å². The SMILES string of the molecule is COc1ccc2c(O[C@@H]3C[C@H]4C(=O)N[C@]5(C(=O)NS(=O)(=O)C6(C)CC6)C[C@H]5/C=C\CC[C@@H](C)C[C@@H](C)[C@H](NC(=O)O)C(=O)N4C3)ncc(-c3ccc(OC)nc3)c2c1. The minimum Gasteiger partial charge on any atom is -0.497 e. The Morgan fingerprint density at radius 3 is 2.47 bits per heavy atom. The highest BCUT2D eigenvalue weighted by molar-refractivity contribution is 7.91. The van der Waals surface area contributed by atoms with Gasteiger partial charge in [0.15, 0.2) is 0 Å². The van der Waals surface area contributed by atoms with Crippen LogP contribution in [0.4, 0.5) is 4.79 Å². The van der Waals surface area contributed by atoms with Crippen molar-refractivity contribution in [3.05, 3.63) is 54.9 Å². The monoisotopic (exact) mass is 818 g/mol. The second-order valence-electron chi connectivity index (χ2n) is 16.4. The molecule has 2 aromatic heterocycles. The lowest BCUT2D eigenvalue weighted by atomic mass is 9.88. The van der Waals surface area contributed by atoms with E-state index in [2.05, 4.69) is 25.3 Å². The van der Waals surface area contributed by atoms with Gasteiger partial charge in [0.2, 0.25) is 33.6 Å². The normalized spacial score (nSPS) is 28.7. The minimum atomic E-state index is -4.03. The van der Waals surface area contributed by atoms with Crippen LogP contribution >= 0.6 is 0 Å². The number of amides is 4. The Hall–Kier alpha value is -5.45. The summed E-state index contributed by atoms with van der Waals surface area (Å²) in [6.45, 7) is 5.31. The lowest BCUT2D eigenvalue weighted by Gasteiger charge is -2.32. The molecule has 2 aliphatic carbocycles. The number of nitrogens with zero attached hydrogens (tertiary/aromatic N) is 3. The van der Waals surface area contributed by atoms with Gasteiger partial charge in [0.25, 0.3) is 5.91 Å². The quantitative estimate of drug-likeness (QED) is 0.224. The number of carbonyl (C=O) groups is 4. The highest BCUT2D eigenvalue weighted by Crippen LogP contribution is 2.48. The van der Waals surface area contributed by atoms with Crippen LogP contribution in [-0.4, -0.2) is 101 Å². The highest BCUT2D eigenvalue weighted by Gasteiger charge is 2.63. The molecule has 0 spiro atoms. The summed E-state index contributed by atoms with van der Waals surface area (Å²) in [5, 5.41) is 16.5. The summed E-state index contributed by atoms with van der Waals surface area (Å²) < 4.78 is 44.9. The Kier molecular flexibility index (Phi) is 11.0. The van der Waals surface area contributed by atoms with Gasteiger partial charge in [-0.15, -0.1) is 0 Å². The smallest absolute Gasteiger partial charge is 0.405 e. The fourth-order valence-electron chi connectivity index (χ4n) is 8.19. The maximum Gasteiger partial charge on any atom is 0.405 e. The molecule has 1 aromatic carbocycles. The van der Waals surface area contributed by atoms with Crippen LogP contribution in [0.2, 0.25) is 0 Å². The Bertz CT molecular complexity index is 2250. The van der Waals surface area contributed by atoms with Crippen molar-refractivity contribution < 1.29 is 46.9 Å². The number of allylic oxidation sites excluding steroid dienone is 1. The molecule has 4 aliphatic rings. The predicted octanol–water partition coefficient (Wildman–Crippen LogP) is 4.18. The van der Waals surface area contributed by atoms with E-state index in [1.807, 2.05) is 38.1 Å². The van der Waals surface area contributed by atoms with Crippen molar-refractivity contribution >= 4 is 44.6 Å². The summed E-state index contributed by atoms with van der Waals surface area (Å²) >= 11 is 0. The Labute approximate surface area is 337 Å². The van der Waals surface area contributed by atoms with Crippen molar-refractivity contribution in [1.29, 1.82) is 0 Å². The van der Waals surface area contributed by atoms with Crippen molar-refractivity contribution in [2.45, 2.75) is 94.2 Å². The van der Waals surface area contributed by atoms with Crippen molar-refractivity contribution in [2.24, 2.45) is 17.8 Å². The molecule has 1 saturated heterocycles. The lowest BCUT2D eigenvalue weighted by Crippen LogP contribution is -2.59. The second kappa shape index (κ2) is 15.7. The molecule has 2 aliphatic heterocycles. The average molecular weight is 819 g/mol. The number of aromatic nitrogens is 2. The second-order valence-corrected chi connectivity index (χ2v) is 18.6. The molecule has 4 N–H and O–H groups in total. The number of hydrogen-bond acceptors (Lipinski definition) is 11. The van der Waals surface area contributed by atoms with Crippen LogP contribution in [0.15, 0.2) is 54.9 Å². The third-order valence-corrected chi connectivity index (χ3v) is 14.3. The fraction of sp³-hybridized carbons (Fsp3) is 0.512. The number of nitrogens with one attached hydrogen (secondary N) is 3. The van der Waals surface area contributed by atoms with Gasteiger partial charge in [-0.3, -0.25) is 19.1 Å². The first-order valence-electron chi connectivity index (χ1n) is 19.6. The van der Waals surface area contributed by atoms with Crippen LogP contribution in [0, 0.1) is 17.8 Å². The van der Waals surface area contributed by atoms with Gasteiger partial charge in [0, 0.05) is 52.7 Å².